The first kappa shape index (κ1) is 23.9. The molecule has 1 atom stereocenters. The van der Waals surface area contributed by atoms with Gasteiger partial charge in [0.2, 0.25) is 10.0 Å². The van der Waals surface area contributed by atoms with Crippen LogP contribution >= 0.6 is 11.6 Å². The summed E-state index contributed by atoms with van der Waals surface area (Å²) in [7, 11) is -7.07. The average molecular weight is 495 g/mol. The Morgan fingerprint density at radius 2 is 1.97 bits per heavy atom. The highest BCUT2D eigenvalue weighted by molar-refractivity contribution is 7.91. The molecule has 2 aliphatic heterocycles. The first-order valence-electron chi connectivity index (χ1n) is 9.48. The molecule has 0 aliphatic carbocycles. The van der Waals surface area contributed by atoms with E-state index in [9.17, 15) is 26.4 Å². The van der Waals surface area contributed by atoms with E-state index in [2.05, 4.69) is 5.32 Å². The SMILES string of the molecule is CC1(NC(=O)COC(=O)c2cc(S(=O)(=O)N3CCOCC3)ccc2Cl)CCS(=O)(=O)C1. The Morgan fingerprint density at radius 3 is 2.58 bits per heavy atom. The molecule has 172 valence electrons. The molecular formula is C18H23ClN2O8S2. The number of hydrogen-bond donors (Lipinski definition) is 1. The maximum Gasteiger partial charge on any atom is 0.340 e. The molecule has 0 spiro atoms. The largest absolute Gasteiger partial charge is 0.452 e. The van der Waals surface area contributed by atoms with Crippen LogP contribution in [0.3, 0.4) is 0 Å². The van der Waals surface area contributed by atoms with Gasteiger partial charge in [0, 0.05) is 13.1 Å². The number of hydrogen-bond acceptors (Lipinski definition) is 8. The zero-order valence-corrected chi connectivity index (χ0v) is 19.2. The molecule has 10 nitrogen and oxygen atoms in total. The molecule has 2 aliphatic rings. The van der Waals surface area contributed by atoms with E-state index in [0.29, 0.717) is 0 Å². The van der Waals surface area contributed by atoms with Gasteiger partial charge in [0.05, 0.1) is 45.7 Å². The Kier molecular flexibility index (Phi) is 6.96. The van der Waals surface area contributed by atoms with Crippen LogP contribution in [0.2, 0.25) is 5.02 Å². The van der Waals surface area contributed by atoms with Crippen molar-refractivity contribution in [2.45, 2.75) is 23.8 Å². The molecule has 2 heterocycles. The third-order valence-corrected chi connectivity index (χ3v) is 9.17. The van der Waals surface area contributed by atoms with Crippen LogP contribution in [0.1, 0.15) is 23.7 Å². The quantitative estimate of drug-likeness (QED) is 0.554. The zero-order valence-electron chi connectivity index (χ0n) is 16.8. The number of sulfonamides is 1. The second-order valence-corrected chi connectivity index (χ2v) is 12.2. The van der Waals surface area contributed by atoms with Gasteiger partial charge >= 0.3 is 5.97 Å². The van der Waals surface area contributed by atoms with E-state index >= 15 is 0 Å². The second-order valence-electron chi connectivity index (χ2n) is 7.69. The van der Waals surface area contributed by atoms with E-state index in [4.69, 9.17) is 21.1 Å². The summed E-state index contributed by atoms with van der Waals surface area (Å²) in [5, 5.41) is 2.54. The highest BCUT2D eigenvalue weighted by Crippen LogP contribution is 2.25. The van der Waals surface area contributed by atoms with E-state index in [1.165, 1.54) is 16.4 Å². The maximum absolute atomic E-state index is 12.8. The van der Waals surface area contributed by atoms with E-state index in [-0.39, 0.29) is 59.7 Å². The molecule has 2 saturated heterocycles. The fourth-order valence-corrected chi connectivity index (χ4v) is 7.17. The van der Waals surface area contributed by atoms with Crippen LogP contribution in [0.25, 0.3) is 0 Å². The smallest absolute Gasteiger partial charge is 0.340 e. The zero-order chi connectivity index (χ0) is 22.9. The van der Waals surface area contributed by atoms with Crippen LogP contribution in [0.15, 0.2) is 23.1 Å². The number of benzene rings is 1. The predicted octanol–water partition coefficient (Wildman–Crippen LogP) is 0.211. The summed E-state index contributed by atoms with van der Waals surface area (Å²) in [5.41, 5.74) is -1.12. The van der Waals surface area contributed by atoms with Crippen molar-refractivity contribution in [1.29, 1.82) is 0 Å². The van der Waals surface area contributed by atoms with Crippen molar-refractivity contribution in [2.24, 2.45) is 0 Å². The first-order valence-corrected chi connectivity index (χ1v) is 13.1. The van der Waals surface area contributed by atoms with Gasteiger partial charge in [-0.05, 0) is 31.5 Å². The summed E-state index contributed by atoms with van der Waals surface area (Å²) in [6.07, 6.45) is 0.266. The fourth-order valence-electron chi connectivity index (χ4n) is 3.45. The molecule has 0 bridgehead atoms. The molecule has 1 N–H and O–H groups in total. The maximum atomic E-state index is 12.8. The molecule has 1 aromatic carbocycles. The molecule has 1 amide bonds. The van der Waals surface area contributed by atoms with Crippen molar-refractivity contribution in [1.82, 2.24) is 9.62 Å². The monoisotopic (exact) mass is 494 g/mol. The third kappa shape index (κ3) is 5.75. The Hall–Kier alpha value is -1.73. The molecule has 1 unspecified atom stereocenters. The summed E-state index contributed by atoms with van der Waals surface area (Å²) < 4.78 is 60.2. The van der Waals surface area contributed by atoms with Crippen molar-refractivity contribution >= 4 is 43.3 Å². The van der Waals surface area contributed by atoms with Gasteiger partial charge in [0.25, 0.3) is 5.91 Å². The minimum Gasteiger partial charge on any atom is -0.452 e. The number of amides is 1. The van der Waals surface area contributed by atoms with Gasteiger partial charge in [-0.2, -0.15) is 4.31 Å². The number of rotatable bonds is 6. The predicted molar refractivity (Wildman–Crippen MR) is 111 cm³/mol. The Morgan fingerprint density at radius 1 is 1.29 bits per heavy atom. The molecule has 13 heteroatoms. The molecule has 0 saturated carbocycles. The highest BCUT2D eigenvalue weighted by atomic mass is 35.5. The van der Waals surface area contributed by atoms with E-state index in [0.717, 1.165) is 6.07 Å². The number of nitrogens with one attached hydrogen (secondary N) is 1. The number of esters is 1. The van der Waals surface area contributed by atoms with Crippen LogP contribution in [-0.2, 0) is 34.1 Å². The molecule has 0 radical (unpaired) electrons. The molecule has 1 aromatic rings. The van der Waals surface area contributed by atoms with Crippen molar-refractivity contribution in [3.8, 4) is 0 Å². The van der Waals surface area contributed by atoms with Crippen molar-refractivity contribution in [3.05, 3.63) is 28.8 Å². The molecular weight excluding hydrogens is 472 g/mol. The van der Waals surface area contributed by atoms with E-state index in [1.807, 2.05) is 0 Å². The number of carbonyl (C=O) groups excluding carboxylic acids is 2. The Labute approximate surface area is 185 Å². The van der Waals surface area contributed by atoms with Crippen molar-refractivity contribution in [3.63, 3.8) is 0 Å². The first-order chi connectivity index (χ1) is 14.4. The molecule has 3 rings (SSSR count). The lowest BCUT2D eigenvalue weighted by molar-refractivity contribution is -0.125. The van der Waals surface area contributed by atoms with Gasteiger partial charge in [-0.3, -0.25) is 4.79 Å². The van der Waals surface area contributed by atoms with E-state index < -0.39 is 43.9 Å². The average Bonchev–Trinajstić information content (AvgIpc) is 2.99. The van der Waals surface area contributed by atoms with E-state index in [1.54, 1.807) is 6.92 Å². The third-order valence-electron chi connectivity index (χ3n) is 5.04. The van der Waals surface area contributed by atoms with Crippen LogP contribution < -0.4 is 5.32 Å². The lowest BCUT2D eigenvalue weighted by Crippen LogP contribution is -2.48. The minimum atomic E-state index is -3.85. The molecule has 31 heavy (non-hydrogen) atoms. The lowest BCUT2D eigenvalue weighted by Gasteiger charge is -2.26. The van der Waals surface area contributed by atoms with Gasteiger partial charge in [0.15, 0.2) is 16.4 Å². The number of nitrogens with zero attached hydrogens (tertiary/aromatic N) is 1. The lowest BCUT2D eigenvalue weighted by atomic mass is 10.0. The van der Waals surface area contributed by atoms with Crippen LogP contribution in [0, 0.1) is 0 Å². The molecule has 0 aromatic heterocycles. The highest BCUT2D eigenvalue weighted by Gasteiger charge is 2.39. The second kappa shape index (κ2) is 9.02. The summed E-state index contributed by atoms with van der Waals surface area (Å²) >= 11 is 6.04. The van der Waals surface area contributed by atoms with Gasteiger partial charge in [-0.15, -0.1) is 0 Å². The summed E-state index contributed by atoms with van der Waals surface area (Å²) in [6.45, 7) is 1.88. The van der Waals surface area contributed by atoms with Gasteiger partial charge in [-0.25, -0.2) is 21.6 Å². The summed E-state index contributed by atoms with van der Waals surface area (Å²) in [4.78, 5) is 24.4. The number of carbonyl (C=O) groups is 2. The number of halogens is 1. The number of sulfone groups is 1. The van der Waals surface area contributed by atoms with Crippen LogP contribution in [0.4, 0.5) is 0 Å². The number of ether oxygens (including phenoxy) is 2. The normalized spacial score (nSPS) is 23.9. The van der Waals surface area contributed by atoms with Gasteiger partial charge < -0.3 is 14.8 Å². The van der Waals surface area contributed by atoms with Gasteiger partial charge in [-0.1, -0.05) is 11.6 Å². The minimum absolute atomic E-state index is 0.0242. The summed E-state index contributed by atoms with van der Waals surface area (Å²) in [6, 6.07) is 3.67. The Bertz CT molecular complexity index is 1080. The summed E-state index contributed by atoms with van der Waals surface area (Å²) in [5.74, 6) is -1.85. The molecule has 2 fully saturated rings. The Balaban J connectivity index is 1.66. The number of morpholine rings is 1. The van der Waals surface area contributed by atoms with Crippen LogP contribution in [0.5, 0.6) is 0 Å². The van der Waals surface area contributed by atoms with Crippen LogP contribution in [-0.4, -0.2) is 83.0 Å². The standard InChI is InChI=1S/C18H23ClN2O8S2/c1-18(4-9-30(24,25)12-18)20-16(22)11-29-17(23)14-10-13(2-3-15(14)19)31(26,27)21-5-7-28-8-6-21/h2-3,10H,4-9,11-12H2,1H3,(H,20,22). The van der Waals surface area contributed by atoms with Crippen molar-refractivity contribution < 1.29 is 35.9 Å². The topological polar surface area (TPSA) is 136 Å². The van der Waals surface area contributed by atoms with Crippen molar-refractivity contribution in [2.75, 3.05) is 44.4 Å². The van der Waals surface area contributed by atoms with Gasteiger partial charge in [0.1, 0.15) is 0 Å². The fraction of sp³-hybridized carbons (Fsp3) is 0.556.